The molecule has 178 valence electrons. The zero-order valence-electron chi connectivity index (χ0n) is 19.1. The first-order valence-electron chi connectivity index (χ1n) is 11.7. The number of piperidine rings is 1. The van der Waals surface area contributed by atoms with Gasteiger partial charge in [0, 0.05) is 69.2 Å². The molecule has 0 spiro atoms. The molecule has 2 aliphatic rings. The minimum atomic E-state index is -0.00320. The maximum Gasteiger partial charge on any atom is 0.145 e. The van der Waals surface area contributed by atoms with Gasteiger partial charge in [-0.05, 0) is 37.7 Å². The number of nitrogens with one attached hydrogen (secondary N) is 2. The first-order chi connectivity index (χ1) is 16.1. The van der Waals surface area contributed by atoms with Crippen LogP contribution in [0.25, 0.3) is 11.3 Å². The summed E-state index contributed by atoms with van der Waals surface area (Å²) in [5, 5.41) is 7.28. The number of nitrogens with zero attached hydrogens (tertiary/aromatic N) is 3. The molecule has 0 radical (unpaired) electrons. The minimum absolute atomic E-state index is 0.00320. The SMILES string of the molecule is COC[C@H]1CC[C@@H](C(=O)Cc2cc(-c3cncc(NCC4CCOCC4)n3)c(Cl)cn2)CN1. The molecule has 0 amide bonds. The standard InChI is InChI=1S/C24H32ClN5O3/c1-32-15-18-3-2-17(11-27-18)23(31)9-19-8-20(21(25)12-28-19)22-13-26-14-24(30-22)29-10-16-4-6-33-7-5-16/h8,12-14,16-18,27H,2-7,9-11,15H2,1H3,(H,29,30)/t17-,18-/m1/s1. The Kier molecular flexibility index (Phi) is 8.61. The van der Waals surface area contributed by atoms with Gasteiger partial charge in [0.15, 0.2) is 0 Å². The third kappa shape index (κ3) is 6.69. The second-order valence-corrected chi connectivity index (χ2v) is 9.27. The van der Waals surface area contributed by atoms with Crippen molar-refractivity contribution >= 4 is 23.2 Å². The number of ketones is 1. The van der Waals surface area contributed by atoms with Gasteiger partial charge in [-0.3, -0.25) is 14.8 Å². The third-order valence-corrected chi connectivity index (χ3v) is 6.73. The van der Waals surface area contributed by atoms with E-state index in [1.165, 1.54) is 0 Å². The number of carbonyl (C=O) groups excluding carboxylic acids is 1. The van der Waals surface area contributed by atoms with Gasteiger partial charge in [-0.2, -0.15) is 0 Å². The molecule has 0 aromatic carbocycles. The van der Waals surface area contributed by atoms with Crippen LogP contribution in [-0.4, -0.2) is 66.8 Å². The summed E-state index contributed by atoms with van der Waals surface area (Å²) in [7, 11) is 1.70. The fourth-order valence-electron chi connectivity index (χ4n) is 4.41. The van der Waals surface area contributed by atoms with Crippen molar-refractivity contribution in [2.24, 2.45) is 11.8 Å². The van der Waals surface area contributed by atoms with Gasteiger partial charge in [-0.1, -0.05) is 11.6 Å². The lowest BCUT2D eigenvalue weighted by Crippen LogP contribution is -2.44. The van der Waals surface area contributed by atoms with Crippen LogP contribution in [0.2, 0.25) is 5.02 Å². The average molecular weight is 474 g/mol. The number of Topliss-reactive ketones (excluding diaryl/α,β-unsaturated/α-hetero) is 1. The van der Waals surface area contributed by atoms with E-state index in [4.69, 9.17) is 26.1 Å². The number of pyridine rings is 1. The Balaban J connectivity index is 1.39. The van der Waals surface area contributed by atoms with Crippen LogP contribution in [0.1, 0.15) is 31.4 Å². The summed E-state index contributed by atoms with van der Waals surface area (Å²) < 4.78 is 10.6. The zero-order chi connectivity index (χ0) is 23.0. The second-order valence-electron chi connectivity index (χ2n) is 8.86. The smallest absolute Gasteiger partial charge is 0.145 e. The number of carbonyl (C=O) groups is 1. The molecule has 2 fully saturated rings. The molecule has 0 aliphatic carbocycles. The second kappa shape index (κ2) is 11.8. The maximum absolute atomic E-state index is 12.9. The molecule has 0 bridgehead atoms. The van der Waals surface area contributed by atoms with Crippen LogP contribution < -0.4 is 10.6 Å². The molecule has 8 nitrogen and oxygen atoms in total. The van der Waals surface area contributed by atoms with Crippen molar-refractivity contribution in [3.8, 4) is 11.3 Å². The zero-order valence-corrected chi connectivity index (χ0v) is 19.8. The summed E-state index contributed by atoms with van der Waals surface area (Å²) in [5.74, 6) is 1.47. The number of ether oxygens (including phenoxy) is 2. The molecule has 33 heavy (non-hydrogen) atoms. The molecule has 2 aromatic heterocycles. The number of rotatable bonds is 9. The molecule has 2 N–H and O–H groups in total. The van der Waals surface area contributed by atoms with Crippen LogP contribution in [0.3, 0.4) is 0 Å². The summed E-state index contributed by atoms with van der Waals surface area (Å²) in [5.41, 5.74) is 2.09. The van der Waals surface area contributed by atoms with E-state index in [0.717, 1.165) is 51.0 Å². The molecule has 9 heteroatoms. The summed E-state index contributed by atoms with van der Waals surface area (Å²) in [6, 6.07) is 2.18. The Morgan fingerprint density at radius 1 is 1.24 bits per heavy atom. The Morgan fingerprint density at radius 2 is 2.09 bits per heavy atom. The molecule has 4 heterocycles. The number of aromatic nitrogens is 3. The number of hydrogen-bond donors (Lipinski definition) is 2. The Bertz CT molecular complexity index is 930. The highest BCUT2D eigenvalue weighted by atomic mass is 35.5. The van der Waals surface area contributed by atoms with Crippen molar-refractivity contribution in [2.45, 2.75) is 38.1 Å². The van der Waals surface area contributed by atoms with Gasteiger partial charge >= 0.3 is 0 Å². The molecular formula is C24H32ClN5O3. The molecule has 2 aliphatic heterocycles. The lowest BCUT2D eigenvalue weighted by atomic mass is 9.89. The van der Waals surface area contributed by atoms with E-state index in [1.807, 2.05) is 6.07 Å². The van der Waals surface area contributed by atoms with E-state index in [0.29, 0.717) is 47.3 Å². The van der Waals surface area contributed by atoms with E-state index < -0.39 is 0 Å². The molecule has 2 atom stereocenters. The molecule has 4 rings (SSSR count). The van der Waals surface area contributed by atoms with Gasteiger partial charge in [0.2, 0.25) is 0 Å². The fourth-order valence-corrected chi connectivity index (χ4v) is 4.61. The topological polar surface area (TPSA) is 98.3 Å². The molecule has 0 saturated carbocycles. The largest absolute Gasteiger partial charge is 0.383 e. The van der Waals surface area contributed by atoms with Gasteiger partial charge in [-0.25, -0.2) is 4.98 Å². The predicted octanol–water partition coefficient (Wildman–Crippen LogP) is 3.16. The van der Waals surface area contributed by atoms with E-state index in [9.17, 15) is 4.79 Å². The maximum atomic E-state index is 12.9. The van der Waals surface area contributed by atoms with Crippen LogP contribution >= 0.6 is 11.6 Å². The predicted molar refractivity (Wildman–Crippen MR) is 127 cm³/mol. The number of hydrogen-bond acceptors (Lipinski definition) is 8. The Hall–Kier alpha value is -2.13. The van der Waals surface area contributed by atoms with Gasteiger partial charge < -0.3 is 20.1 Å². The van der Waals surface area contributed by atoms with Crippen molar-refractivity contribution in [2.75, 3.05) is 45.3 Å². The van der Waals surface area contributed by atoms with Crippen LogP contribution in [-0.2, 0) is 20.7 Å². The number of halogens is 1. The Morgan fingerprint density at radius 3 is 2.85 bits per heavy atom. The highest BCUT2D eigenvalue weighted by molar-refractivity contribution is 6.33. The minimum Gasteiger partial charge on any atom is -0.383 e. The highest BCUT2D eigenvalue weighted by Crippen LogP contribution is 2.28. The van der Waals surface area contributed by atoms with E-state index in [2.05, 4.69) is 20.6 Å². The number of anilines is 1. The van der Waals surface area contributed by atoms with Crippen molar-refractivity contribution in [3.63, 3.8) is 0 Å². The van der Waals surface area contributed by atoms with Crippen LogP contribution in [0.5, 0.6) is 0 Å². The van der Waals surface area contributed by atoms with Gasteiger partial charge in [-0.15, -0.1) is 0 Å². The van der Waals surface area contributed by atoms with E-state index in [1.54, 1.807) is 25.7 Å². The third-order valence-electron chi connectivity index (χ3n) is 6.43. The lowest BCUT2D eigenvalue weighted by Gasteiger charge is -2.28. The van der Waals surface area contributed by atoms with Gasteiger partial charge in [0.05, 0.1) is 29.7 Å². The normalized spacial score (nSPS) is 21.6. The van der Waals surface area contributed by atoms with Crippen LogP contribution in [0, 0.1) is 11.8 Å². The Labute approximate surface area is 199 Å². The average Bonchev–Trinajstić information content (AvgIpc) is 2.85. The van der Waals surface area contributed by atoms with Crippen molar-refractivity contribution in [3.05, 3.63) is 35.4 Å². The summed E-state index contributed by atoms with van der Waals surface area (Å²) in [6.07, 6.45) is 9.19. The first kappa shape index (κ1) is 24.0. The van der Waals surface area contributed by atoms with E-state index >= 15 is 0 Å². The summed E-state index contributed by atoms with van der Waals surface area (Å²) >= 11 is 6.44. The van der Waals surface area contributed by atoms with Crippen molar-refractivity contribution in [1.29, 1.82) is 0 Å². The highest BCUT2D eigenvalue weighted by Gasteiger charge is 2.26. The molecule has 2 saturated heterocycles. The monoisotopic (exact) mass is 473 g/mol. The molecule has 0 unspecified atom stereocenters. The molecular weight excluding hydrogens is 442 g/mol. The fraction of sp³-hybridized carbons (Fsp3) is 0.583. The number of methoxy groups -OCH3 is 1. The summed E-state index contributed by atoms with van der Waals surface area (Å²) in [6.45, 7) is 3.83. The summed E-state index contributed by atoms with van der Waals surface area (Å²) in [4.78, 5) is 26.3. The van der Waals surface area contributed by atoms with Gasteiger partial charge in [0.1, 0.15) is 11.6 Å². The lowest BCUT2D eigenvalue weighted by molar-refractivity contribution is -0.123. The van der Waals surface area contributed by atoms with Crippen LogP contribution in [0.4, 0.5) is 5.82 Å². The molecule has 2 aromatic rings. The van der Waals surface area contributed by atoms with Crippen molar-refractivity contribution in [1.82, 2.24) is 20.3 Å². The van der Waals surface area contributed by atoms with Crippen molar-refractivity contribution < 1.29 is 14.3 Å². The van der Waals surface area contributed by atoms with Crippen LogP contribution in [0.15, 0.2) is 24.7 Å². The van der Waals surface area contributed by atoms with Gasteiger partial charge in [0.25, 0.3) is 0 Å². The quantitative estimate of drug-likeness (QED) is 0.573. The first-order valence-corrected chi connectivity index (χ1v) is 12.0. The van der Waals surface area contributed by atoms with E-state index in [-0.39, 0.29) is 18.1 Å².